The lowest BCUT2D eigenvalue weighted by atomic mass is 10.2. The van der Waals surface area contributed by atoms with Crippen LogP contribution in [0.4, 0.5) is 11.4 Å². The summed E-state index contributed by atoms with van der Waals surface area (Å²) in [4.78, 5) is 14.7. The van der Waals surface area contributed by atoms with Crippen molar-refractivity contribution in [3.05, 3.63) is 71.4 Å². The highest BCUT2D eigenvalue weighted by Gasteiger charge is 2.13. The van der Waals surface area contributed by atoms with Crippen LogP contribution in [0.25, 0.3) is 11.3 Å². The lowest BCUT2D eigenvalue weighted by Crippen LogP contribution is -2.21. The summed E-state index contributed by atoms with van der Waals surface area (Å²) in [5.74, 6) is 0.580. The Balaban J connectivity index is 1.71. The zero-order chi connectivity index (χ0) is 18.5. The molecule has 1 N–H and O–H groups in total. The van der Waals surface area contributed by atoms with Crippen LogP contribution in [0.5, 0.6) is 0 Å². The molecule has 2 aromatic carbocycles. The molecule has 1 heterocycles. The summed E-state index contributed by atoms with van der Waals surface area (Å²) >= 11 is 6.00. The van der Waals surface area contributed by atoms with E-state index in [1.807, 2.05) is 36.4 Å². The van der Waals surface area contributed by atoms with Crippen molar-refractivity contribution in [3.8, 4) is 11.3 Å². The van der Waals surface area contributed by atoms with Gasteiger partial charge in [0.25, 0.3) is 5.91 Å². The first-order valence-corrected chi connectivity index (χ1v) is 9.00. The summed E-state index contributed by atoms with van der Waals surface area (Å²) < 4.78 is 5.68. The van der Waals surface area contributed by atoms with Gasteiger partial charge in [0.05, 0.1) is 0 Å². The van der Waals surface area contributed by atoms with Gasteiger partial charge in [-0.25, -0.2) is 0 Å². The Morgan fingerprint density at radius 1 is 1.04 bits per heavy atom. The van der Waals surface area contributed by atoms with Crippen molar-refractivity contribution in [1.29, 1.82) is 0 Å². The van der Waals surface area contributed by atoms with Crippen LogP contribution in [-0.4, -0.2) is 19.0 Å². The van der Waals surface area contributed by atoms with Gasteiger partial charge < -0.3 is 14.6 Å². The second-order valence-electron chi connectivity index (χ2n) is 5.85. The molecular formula is C21H21ClN2O2. The minimum atomic E-state index is -0.283. The molecule has 1 amide bonds. The SMILES string of the molecule is CCN(CC)c1ccc(NC(=O)c2ccc(-c3cccc(Cl)c3)o2)cc1. The highest BCUT2D eigenvalue weighted by Crippen LogP contribution is 2.25. The van der Waals surface area contributed by atoms with E-state index in [9.17, 15) is 4.79 Å². The molecule has 0 aliphatic carbocycles. The molecule has 26 heavy (non-hydrogen) atoms. The van der Waals surface area contributed by atoms with E-state index in [2.05, 4.69) is 24.1 Å². The Kier molecular flexibility index (Phi) is 5.64. The molecule has 0 aliphatic rings. The first kappa shape index (κ1) is 18.1. The number of carbonyl (C=O) groups excluding carboxylic acids is 1. The van der Waals surface area contributed by atoms with Crippen molar-refractivity contribution in [1.82, 2.24) is 0 Å². The van der Waals surface area contributed by atoms with Crippen molar-refractivity contribution >= 4 is 28.9 Å². The van der Waals surface area contributed by atoms with Crippen molar-refractivity contribution < 1.29 is 9.21 Å². The van der Waals surface area contributed by atoms with Crippen LogP contribution < -0.4 is 10.2 Å². The summed E-state index contributed by atoms with van der Waals surface area (Å²) in [5.41, 5.74) is 2.70. The topological polar surface area (TPSA) is 45.5 Å². The number of amides is 1. The number of halogens is 1. The zero-order valence-corrected chi connectivity index (χ0v) is 15.6. The van der Waals surface area contributed by atoms with E-state index in [1.54, 1.807) is 24.3 Å². The highest BCUT2D eigenvalue weighted by atomic mass is 35.5. The van der Waals surface area contributed by atoms with Crippen LogP contribution in [-0.2, 0) is 0 Å². The molecular weight excluding hydrogens is 348 g/mol. The van der Waals surface area contributed by atoms with Gasteiger partial charge in [0.15, 0.2) is 5.76 Å². The number of rotatable bonds is 6. The van der Waals surface area contributed by atoms with E-state index in [-0.39, 0.29) is 11.7 Å². The Morgan fingerprint density at radius 2 is 1.77 bits per heavy atom. The van der Waals surface area contributed by atoms with E-state index in [1.165, 1.54) is 0 Å². The fourth-order valence-corrected chi connectivity index (χ4v) is 2.98. The van der Waals surface area contributed by atoms with E-state index < -0.39 is 0 Å². The van der Waals surface area contributed by atoms with Crippen molar-refractivity contribution in [2.75, 3.05) is 23.3 Å². The first-order valence-electron chi connectivity index (χ1n) is 8.63. The molecule has 0 saturated heterocycles. The van der Waals surface area contributed by atoms with Crippen molar-refractivity contribution in [2.24, 2.45) is 0 Å². The fraction of sp³-hybridized carbons (Fsp3) is 0.190. The molecule has 0 fully saturated rings. The third kappa shape index (κ3) is 4.09. The summed E-state index contributed by atoms with van der Waals surface area (Å²) in [5, 5.41) is 3.48. The van der Waals surface area contributed by atoms with Crippen molar-refractivity contribution in [3.63, 3.8) is 0 Å². The molecule has 0 saturated carbocycles. The maximum absolute atomic E-state index is 12.4. The number of furan rings is 1. The minimum Gasteiger partial charge on any atom is -0.451 e. The van der Waals surface area contributed by atoms with Crippen LogP contribution in [0.1, 0.15) is 24.4 Å². The molecule has 5 heteroatoms. The second-order valence-corrected chi connectivity index (χ2v) is 6.28. The number of hydrogen-bond acceptors (Lipinski definition) is 3. The van der Waals surface area contributed by atoms with E-state index in [4.69, 9.17) is 16.0 Å². The Morgan fingerprint density at radius 3 is 2.42 bits per heavy atom. The van der Waals surface area contributed by atoms with Crippen LogP contribution in [0.3, 0.4) is 0 Å². The number of hydrogen-bond donors (Lipinski definition) is 1. The largest absolute Gasteiger partial charge is 0.451 e. The lowest BCUT2D eigenvalue weighted by Gasteiger charge is -2.21. The third-order valence-electron chi connectivity index (χ3n) is 4.19. The monoisotopic (exact) mass is 368 g/mol. The summed E-state index contributed by atoms with van der Waals surface area (Å²) in [6.45, 7) is 6.13. The van der Waals surface area contributed by atoms with Gasteiger partial charge in [-0.05, 0) is 62.4 Å². The first-order chi connectivity index (χ1) is 12.6. The predicted molar refractivity (Wildman–Crippen MR) is 107 cm³/mol. The third-order valence-corrected chi connectivity index (χ3v) is 4.43. The van der Waals surface area contributed by atoms with Gasteiger partial charge in [0.1, 0.15) is 5.76 Å². The maximum atomic E-state index is 12.4. The quantitative estimate of drug-likeness (QED) is 0.607. The van der Waals surface area contributed by atoms with Crippen LogP contribution in [0.2, 0.25) is 5.02 Å². The number of benzene rings is 2. The Hall–Kier alpha value is -2.72. The minimum absolute atomic E-state index is 0.257. The maximum Gasteiger partial charge on any atom is 0.291 e. The smallest absolute Gasteiger partial charge is 0.291 e. The molecule has 1 aromatic heterocycles. The van der Waals surface area contributed by atoms with Gasteiger partial charge >= 0.3 is 0 Å². The molecule has 0 bridgehead atoms. The molecule has 0 spiro atoms. The number of nitrogens with zero attached hydrogens (tertiary/aromatic N) is 1. The fourth-order valence-electron chi connectivity index (χ4n) is 2.79. The van der Waals surface area contributed by atoms with Crippen LogP contribution >= 0.6 is 11.6 Å². The normalized spacial score (nSPS) is 10.6. The zero-order valence-electron chi connectivity index (χ0n) is 14.8. The predicted octanol–water partition coefficient (Wildman–Crippen LogP) is 5.70. The van der Waals surface area contributed by atoms with Gasteiger partial charge in [-0.3, -0.25) is 4.79 Å². The van der Waals surface area contributed by atoms with E-state index in [0.29, 0.717) is 10.8 Å². The molecule has 4 nitrogen and oxygen atoms in total. The van der Waals surface area contributed by atoms with Gasteiger partial charge in [0.2, 0.25) is 0 Å². The standard InChI is InChI=1S/C21H21ClN2O2/c1-3-24(4-2)18-10-8-17(9-11-18)23-21(25)20-13-12-19(26-20)15-6-5-7-16(22)14-15/h5-14H,3-4H2,1-2H3,(H,23,25). The van der Waals surface area contributed by atoms with E-state index >= 15 is 0 Å². The van der Waals surface area contributed by atoms with Crippen LogP contribution in [0.15, 0.2) is 65.1 Å². The number of nitrogens with one attached hydrogen (secondary N) is 1. The molecule has 134 valence electrons. The van der Waals surface area contributed by atoms with Gasteiger partial charge in [-0.2, -0.15) is 0 Å². The highest BCUT2D eigenvalue weighted by molar-refractivity contribution is 6.30. The molecule has 0 aliphatic heterocycles. The molecule has 0 unspecified atom stereocenters. The lowest BCUT2D eigenvalue weighted by molar-refractivity contribution is 0.0997. The number of anilines is 2. The number of carbonyl (C=O) groups is 1. The average molecular weight is 369 g/mol. The molecule has 3 aromatic rings. The summed E-state index contributed by atoms with van der Waals surface area (Å²) in [6.07, 6.45) is 0. The second kappa shape index (κ2) is 8.11. The van der Waals surface area contributed by atoms with Crippen LogP contribution in [0, 0.1) is 0 Å². The van der Waals surface area contributed by atoms with Gasteiger partial charge in [-0.1, -0.05) is 23.7 Å². The summed E-state index contributed by atoms with van der Waals surface area (Å²) in [7, 11) is 0. The van der Waals surface area contributed by atoms with E-state index in [0.717, 1.165) is 30.0 Å². The molecule has 0 radical (unpaired) electrons. The average Bonchev–Trinajstić information content (AvgIpc) is 3.14. The van der Waals surface area contributed by atoms with Crippen molar-refractivity contribution in [2.45, 2.75) is 13.8 Å². The Labute approximate surface area is 158 Å². The Bertz CT molecular complexity index is 883. The van der Waals surface area contributed by atoms with Gasteiger partial charge in [-0.15, -0.1) is 0 Å². The summed E-state index contributed by atoms with van der Waals surface area (Å²) in [6, 6.07) is 18.6. The molecule has 3 rings (SSSR count). The van der Waals surface area contributed by atoms with Gasteiger partial charge in [0, 0.05) is 35.1 Å². The molecule has 0 atom stereocenters.